The van der Waals surface area contributed by atoms with Crippen LogP contribution in [-0.2, 0) is 0 Å². The molecule has 0 aliphatic heterocycles. The van der Waals surface area contributed by atoms with Crippen LogP contribution in [0.5, 0.6) is 0 Å². The van der Waals surface area contributed by atoms with Gasteiger partial charge in [0.25, 0.3) is 0 Å². The smallest absolute Gasteiger partial charge is 0.205 e. The van der Waals surface area contributed by atoms with Crippen molar-refractivity contribution >= 4 is 0 Å². The first kappa shape index (κ1) is 7.36. The number of hydrogen-bond acceptors (Lipinski definition) is 3. The van der Waals surface area contributed by atoms with Gasteiger partial charge in [0, 0.05) is 17.4 Å². The van der Waals surface area contributed by atoms with Gasteiger partial charge in [-0.1, -0.05) is 0 Å². The second-order valence-electron chi connectivity index (χ2n) is 1.82. The van der Waals surface area contributed by atoms with Crippen molar-refractivity contribution < 1.29 is 4.92 Å². The van der Waals surface area contributed by atoms with Crippen molar-refractivity contribution in [3.05, 3.63) is 10.1 Å². The average Bonchev–Trinajstić information content (AvgIpc) is 1.61. The van der Waals surface area contributed by atoms with Gasteiger partial charge in [0.15, 0.2) is 0 Å². The van der Waals surface area contributed by atoms with E-state index in [1.807, 2.05) is 0 Å². The van der Waals surface area contributed by atoms with Crippen molar-refractivity contribution in [2.75, 3.05) is 6.54 Å². The van der Waals surface area contributed by atoms with E-state index in [1.54, 1.807) is 6.92 Å². The molecular formula is C4H10N2O2. The molecule has 0 heterocycles. The highest BCUT2D eigenvalue weighted by Crippen LogP contribution is 1.84. The molecule has 0 aliphatic rings. The van der Waals surface area contributed by atoms with E-state index in [-0.39, 0.29) is 17.5 Å². The van der Waals surface area contributed by atoms with Gasteiger partial charge in [0.05, 0.1) is 0 Å². The Morgan fingerprint density at radius 1 is 1.88 bits per heavy atom. The Labute approximate surface area is 47.8 Å². The van der Waals surface area contributed by atoms with Crippen LogP contribution >= 0.6 is 0 Å². The molecule has 0 saturated heterocycles. The van der Waals surface area contributed by atoms with Crippen LogP contribution in [0.25, 0.3) is 0 Å². The molecule has 0 radical (unpaired) electrons. The SMILES string of the molecule is C[C@@H](N)CC[N+](=O)[O-]. The fraction of sp³-hybridized carbons (Fsp3) is 1.00. The highest BCUT2D eigenvalue weighted by atomic mass is 16.6. The second kappa shape index (κ2) is 3.37. The summed E-state index contributed by atoms with van der Waals surface area (Å²) in [6.45, 7) is 1.74. The van der Waals surface area contributed by atoms with Crippen molar-refractivity contribution in [2.45, 2.75) is 19.4 Å². The Morgan fingerprint density at radius 3 is 2.50 bits per heavy atom. The molecule has 4 nitrogen and oxygen atoms in total. The minimum atomic E-state index is -0.358. The first-order chi connectivity index (χ1) is 3.63. The first-order valence-corrected chi connectivity index (χ1v) is 2.50. The molecule has 8 heavy (non-hydrogen) atoms. The molecule has 48 valence electrons. The van der Waals surface area contributed by atoms with Crippen LogP contribution in [0.15, 0.2) is 0 Å². The first-order valence-electron chi connectivity index (χ1n) is 2.50. The normalized spacial score (nSPS) is 13.2. The van der Waals surface area contributed by atoms with E-state index in [1.165, 1.54) is 0 Å². The molecule has 0 aromatic carbocycles. The summed E-state index contributed by atoms with van der Waals surface area (Å²) < 4.78 is 0. The monoisotopic (exact) mass is 118 g/mol. The molecule has 0 rings (SSSR count). The highest BCUT2D eigenvalue weighted by Gasteiger charge is 1.98. The summed E-state index contributed by atoms with van der Waals surface area (Å²) in [5.74, 6) is 0. The van der Waals surface area contributed by atoms with E-state index in [4.69, 9.17) is 5.73 Å². The van der Waals surface area contributed by atoms with Crippen LogP contribution in [0.4, 0.5) is 0 Å². The summed E-state index contributed by atoms with van der Waals surface area (Å²) in [4.78, 5) is 9.30. The van der Waals surface area contributed by atoms with E-state index in [9.17, 15) is 10.1 Å². The standard InChI is InChI=1S/C4H10N2O2/c1-4(5)2-3-6(7)8/h4H,2-3,5H2,1H3/t4-/m1/s1. The van der Waals surface area contributed by atoms with Gasteiger partial charge in [-0.05, 0) is 6.92 Å². The van der Waals surface area contributed by atoms with Gasteiger partial charge < -0.3 is 5.73 Å². The molecule has 0 spiro atoms. The van der Waals surface area contributed by atoms with Gasteiger partial charge in [-0.3, -0.25) is 10.1 Å². The van der Waals surface area contributed by atoms with Gasteiger partial charge in [0.1, 0.15) is 0 Å². The maximum Gasteiger partial charge on any atom is 0.205 e. The average molecular weight is 118 g/mol. The Morgan fingerprint density at radius 2 is 2.38 bits per heavy atom. The van der Waals surface area contributed by atoms with Crippen molar-refractivity contribution in [2.24, 2.45) is 5.73 Å². The summed E-state index contributed by atoms with van der Waals surface area (Å²) in [6, 6.07) is -0.0552. The Bertz CT molecular complexity index is 82.1. The molecule has 2 N–H and O–H groups in total. The third kappa shape index (κ3) is 5.36. The maximum atomic E-state index is 9.65. The Hall–Kier alpha value is -0.640. The fourth-order valence-electron chi connectivity index (χ4n) is 0.309. The summed E-state index contributed by atoms with van der Waals surface area (Å²) in [5.41, 5.74) is 5.24. The number of rotatable bonds is 3. The molecule has 4 heteroatoms. The zero-order chi connectivity index (χ0) is 6.57. The van der Waals surface area contributed by atoms with Gasteiger partial charge in [0.2, 0.25) is 6.54 Å². The topological polar surface area (TPSA) is 69.2 Å². The van der Waals surface area contributed by atoms with Crippen molar-refractivity contribution in [1.82, 2.24) is 0 Å². The number of nitrogens with zero attached hydrogens (tertiary/aromatic N) is 1. The van der Waals surface area contributed by atoms with Crippen LogP contribution in [0.2, 0.25) is 0 Å². The van der Waals surface area contributed by atoms with E-state index in [0.29, 0.717) is 6.42 Å². The third-order valence-electron chi connectivity index (χ3n) is 0.767. The highest BCUT2D eigenvalue weighted by molar-refractivity contribution is 4.49. The van der Waals surface area contributed by atoms with E-state index in [2.05, 4.69) is 0 Å². The number of hydrogen-bond donors (Lipinski definition) is 1. The molecule has 0 aliphatic carbocycles. The summed E-state index contributed by atoms with van der Waals surface area (Å²) in [5, 5.41) is 9.65. The molecule has 1 atom stereocenters. The quantitative estimate of drug-likeness (QED) is 0.419. The second-order valence-corrected chi connectivity index (χ2v) is 1.82. The van der Waals surface area contributed by atoms with Crippen LogP contribution in [0.3, 0.4) is 0 Å². The largest absolute Gasteiger partial charge is 0.328 e. The molecule has 0 aromatic rings. The molecule has 0 saturated carbocycles. The summed E-state index contributed by atoms with van der Waals surface area (Å²) in [6.07, 6.45) is 0.465. The molecular weight excluding hydrogens is 108 g/mol. The number of nitrogens with two attached hydrogens (primary N) is 1. The molecule has 0 amide bonds. The lowest BCUT2D eigenvalue weighted by Gasteiger charge is -1.96. The Kier molecular flexibility index (Phi) is 3.10. The van der Waals surface area contributed by atoms with Crippen molar-refractivity contribution in [3.8, 4) is 0 Å². The molecule has 0 fully saturated rings. The molecule has 0 aromatic heterocycles. The van der Waals surface area contributed by atoms with Gasteiger partial charge in [-0.2, -0.15) is 0 Å². The third-order valence-corrected chi connectivity index (χ3v) is 0.767. The fourth-order valence-corrected chi connectivity index (χ4v) is 0.309. The zero-order valence-electron chi connectivity index (χ0n) is 4.83. The summed E-state index contributed by atoms with van der Waals surface area (Å²) in [7, 11) is 0. The number of nitro groups is 1. The van der Waals surface area contributed by atoms with Crippen LogP contribution in [0, 0.1) is 10.1 Å². The van der Waals surface area contributed by atoms with Crippen LogP contribution < -0.4 is 5.73 Å². The predicted octanol–water partition coefficient (Wildman–Crippen LogP) is 0.000400. The van der Waals surface area contributed by atoms with Crippen molar-refractivity contribution in [3.63, 3.8) is 0 Å². The molecule has 0 unspecified atom stereocenters. The zero-order valence-corrected chi connectivity index (χ0v) is 4.83. The maximum absolute atomic E-state index is 9.65. The van der Waals surface area contributed by atoms with Gasteiger partial charge in [-0.15, -0.1) is 0 Å². The minimum absolute atomic E-state index is 0.0162. The van der Waals surface area contributed by atoms with E-state index >= 15 is 0 Å². The predicted molar refractivity (Wildman–Crippen MR) is 30.1 cm³/mol. The van der Waals surface area contributed by atoms with Gasteiger partial charge >= 0.3 is 0 Å². The van der Waals surface area contributed by atoms with E-state index < -0.39 is 0 Å². The summed E-state index contributed by atoms with van der Waals surface area (Å²) >= 11 is 0. The Balaban J connectivity index is 3.05. The lowest BCUT2D eigenvalue weighted by atomic mass is 10.3. The van der Waals surface area contributed by atoms with Gasteiger partial charge in [-0.25, -0.2) is 0 Å². The lowest BCUT2D eigenvalue weighted by molar-refractivity contribution is -0.480. The van der Waals surface area contributed by atoms with Crippen LogP contribution in [0.1, 0.15) is 13.3 Å². The van der Waals surface area contributed by atoms with Crippen molar-refractivity contribution in [1.29, 1.82) is 0 Å². The molecule has 0 bridgehead atoms. The van der Waals surface area contributed by atoms with Crippen LogP contribution in [-0.4, -0.2) is 17.5 Å². The van der Waals surface area contributed by atoms with E-state index in [0.717, 1.165) is 0 Å². The minimum Gasteiger partial charge on any atom is -0.328 e. The lowest BCUT2D eigenvalue weighted by Crippen LogP contribution is -2.18.